The molecule has 0 bridgehead atoms. The molecule has 0 aliphatic heterocycles. The van der Waals surface area contributed by atoms with Gasteiger partial charge in [-0.2, -0.15) is 13.1 Å². The zero-order valence-corrected chi connectivity index (χ0v) is 10.3. The molecule has 0 aliphatic rings. The molecule has 0 fully saturated rings. The molecule has 8 nitrogen and oxygen atoms in total. The number of hydrogen-bond acceptors (Lipinski definition) is 5. The fourth-order valence-electron chi connectivity index (χ4n) is 1.16. The topological polar surface area (TPSA) is 130 Å². The van der Waals surface area contributed by atoms with Gasteiger partial charge < -0.3 is 14.4 Å². The molecule has 1 aromatic rings. The van der Waals surface area contributed by atoms with Gasteiger partial charge in [0.2, 0.25) is 0 Å². The van der Waals surface area contributed by atoms with E-state index in [1.54, 1.807) is 10.8 Å². The zero-order valence-electron chi connectivity index (χ0n) is 9.52. The highest BCUT2D eigenvalue weighted by Crippen LogP contribution is 2.11. The molecule has 1 atom stereocenters. The third-order valence-electron chi connectivity index (χ3n) is 1.91. The standard InChI is InChI=1S/C10H11NO7S/c12-9(13)6-8(10(14)15)11-19(16,17)18-7-4-2-1-3-5-7/h1-5,8,11H,6H2,(H,12,13)(H,14,15)/t8-/m0/s1. The summed E-state index contributed by atoms with van der Waals surface area (Å²) in [6.45, 7) is 0. The van der Waals surface area contributed by atoms with Gasteiger partial charge in [-0.1, -0.05) is 18.2 Å². The van der Waals surface area contributed by atoms with Crippen molar-refractivity contribution in [3.8, 4) is 5.75 Å². The van der Waals surface area contributed by atoms with Crippen LogP contribution in [0, 0.1) is 0 Å². The fraction of sp³-hybridized carbons (Fsp3) is 0.200. The summed E-state index contributed by atoms with van der Waals surface area (Å²) in [5, 5.41) is 17.2. The second kappa shape index (κ2) is 6.16. The number of carboxylic acid groups (broad SMARTS) is 2. The van der Waals surface area contributed by atoms with E-state index in [0.29, 0.717) is 0 Å². The van der Waals surface area contributed by atoms with Gasteiger partial charge in [0.05, 0.1) is 6.42 Å². The van der Waals surface area contributed by atoms with E-state index in [1.165, 1.54) is 24.3 Å². The van der Waals surface area contributed by atoms with Crippen LogP contribution in [0.2, 0.25) is 0 Å². The first-order valence-corrected chi connectivity index (χ1v) is 6.42. The second-order valence-corrected chi connectivity index (χ2v) is 4.77. The van der Waals surface area contributed by atoms with Crippen molar-refractivity contribution in [2.45, 2.75) is 12.5 Å². The molecule has 0 aliphatic carbocycles. The van der Waals surface area contributed by atoms with Gasteiger partial charge in [-0.15, -0.1) is 0 Å². The van der Waals surface area contributed by atoms with Crippen molar-refractivity contribution >= 4 is 22.2 Å². The predicted molar refractivity (Wildman–Crippen MR) is 62.8 cm³/mol. The molecule has 19 heavy (non-hydrogen) atoms. The van der Waals surface area contributed by atoms with Crippen LogP contribution in [0.1, 0.15) is 6.42 Å². The van der Waals surface area contributed by atoms with Crippen molar-refractivity contribution < 1.29 is 32.4 Å². The van der Waals surface area contributed by atoms with Crippen LogP contribution in [0.15, 0.2) is 30.3 Å². The summed E-state index contributed by atoms with van der Waals surface area (Å²) in [5.74, 6) is -3.08. The molecule has 0 unspecified atom stereocenters. The fourth-order valence-corrected chi connectivity index (χ4v) is 2.10. The van der Waals surface area contributed by atoms with Gasteiger partial charge in [0.15, 0.2) is 0 Å². The van der Waals surface area contributed by atoms with E-state index in [4.69, 9.17) is 10.2 Å². The number of aliphatic carboxylic acids is 2. The first kappa shape index (κ1) is 14.9. The number of rotatable bonds is 7. The summed E-state index contributed by atoms with van der Waals surface area (Å²) in [6, 6.07) is 5.59. The third-order valence-corrected chi connectivity index (χ3v) is 2.90. The molecule has 0 amide bonds. The van der Waals surface area contributed by atoms with Crippen LogP contribution < -0.4 is 8.91 Å². The molecular weight excluding hydrogens is 278 g/mol. The van der Waals surface area contributed by atoms with Crippen molar-refractivity contribution in [2.75, 3.05) is 0 Å². The van der Waals surface area contributed by atoms with E-state index in [-0.39, 0.29) is 5.75 Å². The maximum atomic E-state index is 11.5. The Morgan fingerprint density at radius 1 is 1.21 bits per heavy atom. The Balaban J connectivity index is 2.77. The van der Waals surface area contributed by atoms with Crippen LogP contribution in [0.4, 0.5) is 0 Å². The smallest absolute Gasteiger partial charge is 0.383 e. The van der Waals surface area contributed by atoms with Gasteiger partial charge in [0, 0.05) is 0 Å². The lowest BCUT2D eigenvalue weighted by atomic mass is 10.2. The molecule has 1 rings (SSSR count). The number of hydrogen-bond donors (Lipinski definition) is 3. The predicted octanol–water partition coefficient (Wildman–Crippen LogP) is -0.172. The molecule has 9 heteroatoms. The minimum absolute atomic E-state index is 0.0190. The highest BCUT2D eigenvalue weighted by atomic mass is 32.2. The van der Waals surface area contributed by atoms with Crippen LogP contribution in [-0.2, 0) is 19.9 Å². The highest BCUT2D eigenvalue weighted by molar-refractivity contribution is 7.85. The lowest BCUT2D eigenvalue weighted by Gasteiger charge is -2.13. The summed E-state index contributed by atoms with van der Waals surface area (Å²) in [5.41, 5.74) is 0. The lowest BCUT2D eigenvalue weighted by Crippen LogP contribution is -2.43. The van der Waals surface area contributed by atoms with E-state index in [0.717, 1.165) is 0 Å². The average molecular weight is 289 g/mol. The van der Waals surface area contributed by atoms with Crippen LogP contribution in [-0.4, -0.2) is 36.6 Å². The van der Waals surface area contributed by atoms with Crippen LogP contribution in [0.3, 0.4) is 0 Å². The maximum Gasteiger partial charge on any atom is 0.383 e. The first-order valence-electron chi connectivity index (χ1n) is 5.01. The quantitative estimate of drug-likeness (QED) is 0.635. The summed E-state index contributed by atoms with van der Waals surface area (Å²) in [6.07, 6.45) is -0.896. The minimum atomic E-state index is -4.42. The van der Waals surface area contributed by atoms with Gasteiger partial charge in [0.25, 0.3) is 0 Å². The molecule has 3 N–H and O–H groups in total. The molecule has 0 spiro atoms. The molecule has 1 aromatic carbocycles. The molecule has 0 saturated heterocycles. The van der Waals surface area contributed by atoms with E-state index >= 15 is 0 Å². The Bertz CT molecular complexity index is 555. The number of nitrogens with one attached hydrogen (secondary N) is 1. The van der Waals surface area contributed by atoms with Crippen molar-refractivity contribution in [1.82, 2.24) is 4.72 Å². The molecular formula is C10H11NO7S. The molecule has 104 valence electrons. The number of carboxylic acids is 2. The van der Waals surface area contributed by atoms with E-state index < -0.39 is 34.7 Å². The molecule has 0 heterocycles. The Labute approximate surface area is 108 Å². The molecule has 0 aromatic heterocycles. The van der Waals surface area contributed by atoms with Crippen molar-refractivity contribution in [1.29, 1.82) is 0 Å². The van der Waals surface area contributed by atoms with Crippen LogP contribution in [0.25, 0.3) is 0 Å². The molecule has 0 saturated carbocycles. The number of carbonyl (C=O) groups is 2. The Morgan fingerprint density at radius 2 is 1.79 bits per heavy atom. The first-order chi connectivity index (χ1) is 8.80. The Hall–Kier alpha value is -2.13. The van der Waals surface area contributed by atoms with Gasteiger partial charge >= 0.3 is 22.2 Å². The van der Waals surface area contributed by atoms with E-state index in [1.807, 2.05) is 0 Å². The minimum Gasteiger partial charge on any atom is -0.481 e. The number of para-hydroxylation sites is 1. The summed E-state index contributed by atoms with van der Waals surface area (Å²) in [4.78, 5) is 21.1. The van der Waals surface area contributed by atoms with Crippen molar-refractivity contribution in [2.24, 2.45) is 0 Å². The third kappa shape index (κ3) is 5.36. The normalized spacial score (nSPS) is 12.6. The van der Waals surface area contributed by atoms with E-state index in [2.05, 4.69) is 4.18 Å². The lowest BCUT2D eigenvalue weighted by molar-refractivity contribution is -0.145. The average Bonchev–Trinajstić information content (AvgIpc) is 2.27. The maximum absolute atomic E-state index is 11.5. The number of benzene rings is 1. The van der Waals surface area contributed by atoms with Gasteiger partial charge in [-0.3, -0.25) is 9.59 Å². The molecule has 0 radical (unpaired) electrons. The van der Waals surface area contributed by atoms with Gasteiger partial charge in [-0.25, -0.2) is 0 Å². The summed E-state index contributed by atoms with van der Waals surface area (Å²) < 4.78 is 29.2. The van der Waals surface area contributed by atoms with Crippen molar-refractivity contribution in [3.63, 3.8) is 0 Å². The van der Waals surface area contributed by atoms with Crippen LogP contribution >= 0.6 is 0 Å². The summed E-state index contributed by atoms with van der Waals surface area (Å²) >= 11 is 0. The SMILES string of the molecule is O=C(O)C[C@H](NS(=O)(=O)Oc1ccccc1)C(=O)O. The van der Waals surface area contributed by atoms with Crippen molar-refractivity contribution in [3.05, 3.63) is 30.3 Å². The summed E-state index contributed by atoms with van der Waals surface area (Å²) in [7, 11) is -4.42. The monoisotopic (exact) mass is 289 g/mol. The Kier molecular flexibility index (Phi) is 4.84. The van der Waals surface area contributed by atoms with Gasteiger partial charge in [0.1, 0.15) is 11.8 Å². The largest absolute Gasteiger partial charge is 0.481 e. The van der Waals surface area contributed by atoms with E-state index in [9.17, 15) is 18.0 Å². The zero-order chi connectivity index (χ0) is 14.5. The Morgan fingerprint density at radius 3 is 2.26 bits per heavy atom. The van der Waals surface area contributed by atoms with Crippen LogP contribution in [0.5, 0.6) is 5.75 Å². The highest BCUT2D eigenvalue weighted by Gasteiger charge is 2.27. The second-order valence-electron chi connectivity index (χ2n) is 3.46. The van der Waals surface area contributed by atoms with Gasteiger partial charge in [-0.05, 0) is 12.1 Å².